The summed E-state index contributed by atoms with van der Waals surface area (Å²) < 4.78 is 0. The standard InChI is InChI=1S/C19H19N3O3/c23-18-17(22(24)25)16(14-7-3-1-4-8-14)13-19(20-11-12-21(18)19)15-9-5-2-6-10-15/h1-10,16-17,20H,11-13H2/t16-,17-,19+/m1/s1. The predicted octanol–water partition coefficient (Wildman–Crippen LogP) is 2.10. The van der Waals surface area contributed by atoms with Crippen LogP contribution in [0.2, 0.25) is 0 Å². The first kappa shape index (κ1) is 15.8. The number of amides is 1. The molecule has 3 atom stereocenters. The van der Waals surface area contributed by atoms with Crippen molar-refractivity contribution in [2.75, 3.05) is 13.1 Å². The van der Waals surface area contributed by atoms with Gasteiger partial charge in [-0.1, -0.05) is 60.7 Å². The molecule has 2 aliphatic rings. The second kappa shape index (κ2) is 5.97. The molecule has 4 rings (SSSR count). The summed E-state index contributed by atoms with van der Waals surface area (Å²) in [5.74, 6) is -0.871. The van der Waals surface area contributed by atoms with Gasteiger partial charge in [0, 0.05) is 24.4 Å². The van der Waals surface area contributed by atoms with Gasteiger partial charge in [0.25, 0.3) is 11.9 Å². The number of hydrogen-bond acceptors (Lipinski definition) is 4. The molecule has 1 N–H and O–H groups in total. The van der Waals surface area contributed by atoms with Crippen molar-refractivity contribution in [3.05, 3.63) is 81.9 Å². The largest absolute Gasteiger partial charge is 0.313 e. The number of hydrogen-bond donors (Lipinski definition) is 1. The van der Waals surface area contributed by atoms with E-state index in [1.807, 2.05) is 60.7 Å². The molecule has 2 aromatic rings. The van der Waals surface area contributed by atoms with Gasteiger partial charge in [-0.3, -0.25) is 20.2 Å². The Morgan fingerprint density at radius 2 is 1.72 bits per heavy atom. The molecule has 2 aliphatic heterocycles. The lowest BCUT2D eigenvalue weighted by Crippen LogP contribution is -2.62. The number of nitro groups is 1. The molecule has 2 aromatic carbocycles. The molecule has 0 saturated carbocycles. The van der Waals surface area contributed by atoms with Crippen molar-refractivity contribution in [3.8, 4) is 0 Å². The van der Waals surface area contributed by atoms with Gasteiger partial charge >= 0.3 is 0 Å². The van der Waals surface area contributed by atoms with Crippen LogP contribution < -0.4 is 5.32 Å². The Morgan fingerprint density at radius 3 is 2.36 bits per heavy atom. The van der Waals surface area contributed by atoms with Crippen LogP contribution in [0.1, 0.15) is 23.5 Å². The van der Waals surface area contributed by atoms with Crippen LogP contribution in [0.15, 0.2) is 60.7 Å². The molecule has 0 aliphatic carbocycles. The van der Waals surface area contributed by atoms with Crippen molar-refractivity contribution in [2.24, 2.45) is 0 Å². The van der Waals surface area contributed by atoms with Gasteiger partial charge in [-0.05, 0) is 11.1 Å². The highest BCUT2D eigenvalue weighted by atomic mass is 16.6. The molecule has 2 saturated heterocycles. The summed E-state index contributed by atoms with van der Waals surface area (Å²) in [5, 5.41) is 15.2. The van der Waals surface area contributed by atoms with Gasteiger partial charge in [0.1, 0.15) is 5.66 Å². The Hall–Kier alpha value is -2.73. The van der Waals surface area contributed by atoms with Crippen LogP contribution in [0.5, 0.6) is 0 Å². The van der Waals surface area contributed by atoms with Gasteiger partial charge in [-0.25, -0.2) is 0 Å². The van der Waals surface area contributed by atoms with Crippen LogP contribution in [0.25, 0.3) is 0 Å². The number of nitrogens with one attached hydrogen (secondary N) is 1. The molecule has 6 nitrogen and oxygen atoms in total. The first-order valence-electron chi connectivity index (χ1n) is 8.44. The Labute approximate surface area is 145 Å². The minimum absolute atomic E-state index is 0.404. The van der Waals surface area contributed by atoms with Crippen LogP contribution in [-0.4, -0.2) is 34.9 Å². The van der Waals surface area contributed by atoms with E-state index in [-0.39, 0.29) is 0 Å². The number of carbonyl (C=O) groups is 1. The van der Waals surface area contributed by atoms with E-state index in [9.17, 15) is 14.9 Å². The van der Waals surface area contributed by atoms with Crippen LogP contribution >= 0.6 is 0 Å². The van der Waals surface area contributed by atoms with Gasteiger partial charge in [-0.15, -0.1) is 0 Å². The molecule has 128 valence electrons. The average molecular weight is 337 g/mol. The van der Waals surface area contributed by atoms with Gasteiger partial charge in [0.05, 0.1) is 5.92 Å². The fourth-order valence-corrected chi connectivity index (χ4v) is 4.23. The van der Waals surface area contributed by atoms with E-state index in [1.165, 1.54) is 0 Å². The third-order valence-electron chi connectivity index (χ3n) is 5.34. The molecule has 0 bridgehead atoms. The molecule has 25 heavy (non-hydrogen) atoms. The van der Waals surface area contributed by atoms with Gasteiger partial charge < -0.3 is 4.90 Å². The number of nitrogens with zero attached hydrogens (tertiary/aromatic N) is 2. The fraction of sp³-hybridized carbons (Fsp3) is 0.316. The lowest BCUT2D eigenvalue weighted by molar-refractivity contribution is -0.516. The number of benzene rings is 2. The highest BCUT2D eigenvalue weighted by Gasteiger charge is 2.58. The van der Waals surface area contributed by atoms with Crippen molar-refractivity contribution in [3.63, 3.8) is 0 Å². The SMILES string of the molecule is O=C1[C@H]([N+](=O)[O-])[C@@H](c2ccccc2)C[C@]2(c3ccccc3)NCCN12. The molecule has 2 fully saturated rings. The van der Waals surface area contributed by atoms with Crippen LogP contribution in [-0.2, 0) is 10.5 Å². The first-order chi connectivity index (χ1) is 12.1. The molecule has 0 radical (unpaired) electrons. The summed E-state index contributed by atoms with van der Waals surface area (Å²) in [5.41, 5.74) is 1.13. The molecule has 2 heterocycles. The zero-order valence-corrected chi connectivity index (χ0v) is 13.7. The molecular formula is C19H19N3O3. The second-order valence-corrected chi connectivity index (χ2v) is 6.59. The number of fused-ring (bicyclic) bond motifs is 1. The van der Waals surface area contributed by atoms with E-state index in [4.69, 9.17) is 0 Å². The zero-order valence-electron chi connectivity index (χ0n) is 13.7. The van der Waals surface area contributed by atoms with Crippen LogP contribution in [0.4, 0.5) is 0 Å². The van der Waals surface area contributed by atoms with E-state index in [0.29, 0.717) is 19.5 Å². The third kappa shape index (κ3) is 2.41. The molecule has 0 spiro atoms. The minimum atomic E-state index is -1.24. The maximum absolute atomic E-state index is 13.1. The topological polar surface area (TPSA) is 75.5 Å². The predicted molar refractivity (Wildman–Crippen MR) is 92.4 cm³/mol. The lowest BCUT2D eigenvalue weighted by Gasteiger charge is -2.46. The Bertz CT molecular complexity index is 796. The van der Waals surface area contributed by atoms with Crippen molar-refractivity contribution in [2.45, 2.75) is 24.0 Å². The minimum Gasteiger partial charge on any atom is -0.313 e. The molecule has 6 heteroatoms. The quantitative estimate of drug-likeness (QED) is 0.687. The van der Waals surface area contributed by atoms with E-state index in [2.05, 4.69) is 5.32 Å². The maximum atomic E-state index is 13.1. The Balaban J connectivity index is 1.84. The van der Waals surface area contributed by atoms with E-state index in [0.717, 1.165) is 11.1 Å². The lowest BCUT2D eigenvalue weighted by atomic mass is 9.76. The van der Waals surface area contributed by atoms with Crippen molar-refractivity contribution < 1.29 is 9.72 Å². The fourth-order valence-electron chi connectivity index (χ4n) is 4.23. The third-order valence-corrected chi connectivity index (χ3v) is 5.34. The molecule has 0 aromatic heterocycles. The number of carbonyl (C=O) groups excluding carboxylic acids is 1. The smallest absolute Gasteiger partial charge is 0.299 e. The summed E-state index contributed by atoms with van der Waals surface area (Å²) >= 11 is 0. The number of piperidine rings is 1. The van der Waals surface area contributed by atoms with Gasteiger partial charge in [0.15, 0.2) is 0 Å². The average Bonchev–Trinajstić information content (AvgIpc) is 3.08. The summed E-state index contributed by atoms with van der Waals surface area (Å²) in [6, 6.07) is 17.9. The van der Waals surface area contributed by atoms with Crippen molar-refractivity contribution >= 4 is 5.91 Å². The van der Waals surface area contributed by atoms with Gasteiger partial charge in [0.2, 0.25) is 0 Å². The summed E-state index contributed by atoms with van der Waals surface area (Å²) in [6.45, 7) is 1.12. The summed E-state index contributed by atoms with van der Waals surface area (Å²) in [7, 11) is 0. The van der Waals surface area contributed by atoms with Gasteiger partial charge in [-0.2, -0.15) is 0 Å². The first-order valence-corrected chi connectivity index (χ1v) is 8.44. The summed E-state index contributed by atoms with van der Waals surface area (Å²) in [6.07, 6.45) is 0.485. The monoisotopic (exact) mass is 337 g/mol. The van der Waals surface area contributed by atoms with Crippen LogP contribution in [0, 0.1) is 10.1 Å². The molecule has 0 unspecified atom stereocenters. The molecule has 1 amide bonds. The maximum Gasteiger partial charge on any atom is 0.299 e. The zero-order chi connectivity index (χ0) is 17.4. The summed E-state index contributed by atoms with van der Waals surface area (Å²) in [4.78, 5) is 26.0. The van der Waals surface area contributed by atoms with E-state index in [1.54, 1.807) is 4.90 Å². The van der Waals surface area contributed by atoms with Crippen LogP contribution in [0.3, 0.4) is 0 Å². The van der Waals surface area contributed by atoms with E-state index < -0.39 is 28.5 Å². The molecular weight excluding hydrogens is 318 g/mol. The second-order valence-electron chi connectivity index (χ2n) is 6.59. The Morgan fingerprint density at radius 1 is 1.08 bits per heavy atom. The normalized spacial score (nSPS) is 28.6. The Kier molecular flexibility index (Phi) is 3.77. The van der Waals surface area contributed by atoms with E-state index >= 15 is 0 Å². The highest BCUT2D eigenvalue weighted by molar-refractivity contribution is 5.84. The van der Waals surface area contributed by atoms with Crippen molar-refractivity contribution in [1.82, 2.24) is 10.2 Å². The van der Waals surface area contributed by atoms with Crippen molar-refractivity contribution in [1.29, 1.82) is 0 Å². The highest BCUT2D eigenvalue weighted by Crippen LogP contribution is 2.45. The number of rotatable bonds is 3.